The number of alkyl halides is 1. The van der Waals surface area contributed by atoms with Crippen LogP contribution >= 0.6 is 12.4 Å². The fourth-order valence-corrected chi connectivity index (χ4v) is 4.08. The first-order chi connectivity index (χ1) is 12.2. The van der Waals surface area contributed by atoms with Crippen LogP contribution in [0.1, 0.15) is 25.8 Å². The minimum Gasteiger partial charge on any atom is -0.497 e. The van der Waals surface area contributed by atoms with E-state index in [1.807, 2.05) is 6.07 Å². The van der Waals surface area contributed by atoms with Gasteiger partial charge in [-0.05, 0) is 31.5 Å². The Labute approximate surface area is 167 Å². The molecule has 150 valence electrons. The van der Waals surface area contributed by atoms with Gasteiger partial charge >= 0.3 is 0 Å². The van der Waals surface area contributed by atoms with Crippen LogP contribution in [0.4, 0.5) is 4.39 Å². The van der Waals surface area contributed by atoms with Crippen LogP contribution in [0.5, 0.6) is 5.75 Å². The summed E-state index contributed by atoms with van der Waals surface area (Å²) in [5, 5.41) is 9.11. The second-order valence-corrected chi connectivity index (χ2v) is 8.92. The fourth-order valence-electron chi connectivity index (χ4n) is 2.83. The van der Waals surface area contributed by atoms with Gasteiger partial charge in [-0.3, -0.25) is 9.00 Å². The SMILES string of the molecule is COc1ccc(CS(=O)C(C)(C)[C@H](N)C(=O)N2C[C@@H](F)C[C@H]2C#N)cc1.Cl. The van der Waals surface area contributed by atoms with E-state index in [1.165, 1.54) is 4.90 Å². The van der Waals surface area contributed by atoms with Gasteiger partial charge in [-0.15, -0.1) is 12.4 Å². The third-order valence-corrected chi connectivity index (χ3v) is 6.76. The maximum absolute atomic E-state index is 13.6. The Morgan fingerprint density at radius 2 is 2.07 bits per heavy atom. The standard InChI is InChI=1S/C18H24FN3O3S.ClH/c1-18(2,26(24)11-12-4-6-15(25-3)7-5-12)16(21)17(23)22-10-13(19)8-14(22)9-20;/h4-7,13-14,16H,8,10-11,21H2,1-3H3;1H/t13-,14-,16+,26?;/m0./s1. The molecule has 1 unspecified atom stereocenters. The lowest BCUT2D eigenvalue weighted by atomic mass is 10.0. The third kappa shape index (κ3) is 5.18. The molecule has 0 aliphatic carbocycles. The van der Waals surface area contributed by atoms with Gasteiger partial charge in [-0.1, -0.05) is 12.1 Å². The molecule has 9 heteroatoms. The topological polar surface area (TPSA) is 96.4 Å². The van der Waals surface area contributed by atoms with Crippen molar-refractivity contribution in [3.8, 4) is 11.8 Å². The van der Waals surface area contributed by atoms with Crippen molar-refractivity contribution in [2.45, 2.75) is 49.0 Å². The predicted octanol–water partition coefficient (Wildman–Crippen LogP) is 1.93. The number of benzene rings is 1. The minimum atomic E-state index is -1.45. The molecule has 1 aliphatic rings. The molecule has 1 fully saturated rings. The van der Waals surface area contributed by atoms with E-state index in [-0.39, 0.29) is 31.1 Å². The molecule has 2 N–H and O–H groups in total. The Bertz CT molecular complexity index is 724. The highest BCUT2D eigenvalue weighted by molar-refractivity contribution is 7.85. The summed E-state index contributed by atoms with van der Waals surface area (Å²) < 4.78 is 30.5. The zero-order chi connectivity index (χ0) is 19.5. The second kappa shape index (κ2) is 9.49. The van der Waals surface area contributed by atoms with E-state index in [0.717, 1.165) is 5.56 Å². The molecule has 1 aromatic carbocycles. The number of carbonyl (C=O) groups is 1. The quantitative estimate of drug-likeness (QED) is 0.762. The molecule has 1 aliphatic heterocycles. The molecule has 1 saturated heterocycles. The number of rotatable bonds is 6. The number of hydrogen-bond acceptors (Lipinski definition) is 5. The summed E-state index contributed by atoms with van der Waals surface area (Å²) in [5.41, 5.74) is 6.93. The van der Waals surface area contributed by atoms with Crippen LogP contribution in [0.3, 0.4) is 0 Å². The first-order valence-corrected chi connectivity index (χ1v) is 9.63. The zero-order valence-electron chi connectivity index (χ0n) is 15.6. The van der Waals surface area contributed by atoms with Gasteiger partial charge in [0.2, 0.25) is 5.91 Å². The zero-order valence-corrected chi connectivity index (χ0v) is 17.2. The third-order valence-electron chi connectivity index (χ3n) is 4.74. The Morgan fingerprint density at radius 3 is 2.59 bits per heavy atom. The van der Waals surface area contributed by atoms with Crippen LogP contribution in [0.2, 0.25) is 0 Å². The van der Waals surface area contributed by atoms with Gasteiger partial charge in [0.05, 0.1) is 24.5 Å². The summed E-state index contributed by atoms with van der Waals surface area (Å²) in [4.78, 5) is 13.8. The van der Waals surface area contributed by atoms with Crippen molar-refractivity contribution < 1.29 is 18.1 Å². The lowest BCUT2D eigenvalue weighted by Gasteiger charge is -2.33. The number of nitriles is 1. The van der Waals surface area contributed by atoms with Crippen molar-refractivity contribution in [1.29, 1.82) is 5.26 Å². The van der Waals surface area contributed by atoms with E-state index in [2.05, 4.69) is 0 Å². The Morgan fingerprint density at radius 1 is 1.48 bits per heavy atom. The van der Waals surface area contributed by atoms with E-state index >= 15 is 0 Å². The number of amides is 1. The number of carbonyl (C=O) groups excluding carboxylic acids is 1. The molecule has 2 rings (SSSR count). The molecule has 0 spiro atoms. The summed E-state index contributed by atoms with van der Waals surface area (Å²) in [6.07, 6.45) is -1.24. The highest BCUT2D eigenvalue weighted by atomic mass is 35.5. The van der Waals surface area contributed by atoms with Gasteiger partial charge < -0.3 is 15.4 Å². The molecule has 0 aromatic heterocycles. The molecular formula is C18H25ClFN3O3S. The number of hydrogen-bond donors (Lipinski definition) is 1. The average molecular weight is 418 g/mol. The van der Waals surface area contributed by atoms with Gasteiger partial charge in [0.1, 0.15) is 24.0 Å². The molecule has 1 heterocycles. The second-order valence-electron chi connectivity index (χ2n) is 6.89. The van der Waals surface area contributed by atoms with Gasteiger partial charge in [-0.25, -0.2) is 4.39 Å². The summed E-state index contributed by atoms with van der Waals surface area (Å²) in [5.74, 6) is 0.388. The molecule has 27 heavy (non-hydrogen) atoms. The predicted molar refractivity (Wildman–Crippen MR) is 105 cm³/mol. The summed E-state index contributed by atoms with van der Waals surface area (Å²) in [7, 11) is 0.113. The summed E-state index contributed by atoms with van der Waals surface area (Å²) in [6.45, 7) is 3.16. The van der Waals surface area contributed by atoms with Crippen molar-refractivity contribution in [1.82, 2.24) is 4.90 Å². The number of ether oxygens (including phenoxy) is 1. The summed E-state index contributed by atoms with van der Waals surface area (Å²) >= 11 is 0. The molecule has 4 atom stereocenters. The molecule has 1 aromatic rings. The van der Waals surface area contributed by atoms with Crippen LogP contribution < -0.4 is 10.5 Å². The van der Waals surface area contributed by atoms with Crippen LogP contribution in [0.15, 0.2) is 24.3 Å². The largest absolute Gasteiger partial charge is 0.497 e. The van der Waals surface area contributed by atoms with Crippen LogP contribution in [-0.4, -0.2) is 51.7 Å². The first-order valence-electron chi connectivity index (χ1n) is 8.31. The molecule has 6 nitrogen and oxygen atoms in total. The Hall–Kier alpha value is -1.69. The first kappa shape index (κ1) is 23.3. The number of nitrogens with two attached hydrogens (primary N) is 1. The number of likely N-dealkylation sites (tertiary alicyclic amines) is 1. The van der Waals surface area contributed by atoms with Crippen LogP contribution in [0, 0.1) is 11.3 Å². The highest BCUT2D eigenvalue weighted by Crippen LogP contribution is 2.26. The molecular weight excluding hydrogens is 393 g/mol. The van der Waals surface area contributed by atoms with Gasteiger partial charge in [-0.2, -0.15) is 5.26 Å². The average Bonchev–Trinajstić information content (AvgIpc) is 3.01. The van der Waals surface area contributed by atoms with Crippen molar-refractivity contribution in [3.05, 3.63) is 29.8 Å². The Balaban J connectivity index is 0.00000364. The molecule has 0 saturated carbocycles. The lowest BCUT2D eigenvalue weighted by Crippen LogP contribution is -2.57. The van der Waals surface area contributed by atoms with Crippen molar-refractivity contribution in [3.63, 3.8) is 0 Å². The normalized spacial score (nSPS) is 21.7. The number of methoxy groups -OCH3 is 1. The van der Waals surface area contributed by atoms with Gasteiger partial charge in [0.25, 0.3) is 0 Å². The van der Waals surface area contributed by atoms with E-state index in [9.17, 15) is 13.4 Å². The maximum Gasteiger partial charge on any atom is 0.242 e. The molecule has 1 amide bonds. The highest BCUT2D eigenvalue weighted by Gasteiger charge is 2.44. The smallest absolute Gasteiger partial charge is 0.242 e. The van der Waals surface area contributed by atoms with Gasteiger partial charge in [0, 0.05) is 23.0 Å². The van der Waals surface area contributed by atoms with Crippen molar-refractivity contribution >= 4 is 29.1 Å². The van der Waals surface area contributed by atoms with Crippen LogP contribution in [-0.2, 0) is 21.3 Å². The van der Waals surface area contributed by atoms with E-state index in [0.29, 0.717) is 5.75 Å². The van der Waals surface area contributed by atoms with Gasteiger partial charge in [0.15, 0.2) is 0 Å². The van der Waals surface area contributed by atoms with E-state index in [1.54, 1.807) is 45.2 Å². The van der Waals surface area contributed by atoms with Crippen molar-refractivity contribution in [2.24, 2.45) is 5.73 Å². The van der Waals surface area contributed by atoms with Crippen LogP contribution in [0.25, 0.3) is 0 Å². The Kier molecular flexibility index (Phi) is 8.21. The lowest BCUT2D eigenvalue weighted by molar-refractivity contribution is -0.133. The monoisotopic (exact) mass is 417 g/mol. The molecule has 0 radical (unpaired) electrons. The molecule has 0 bridgehead atoms. The fraction of sp³-hybridized carbons (Fsp3) is 0.556. The minimum absolute atomic E-state index is 0. The van der Waals surface area contributed by atoms with E-state index in [4.69, 9.17) is 15.7 Å². The van der Waals surface area contributed by atoms with E-state index < -0.39 is 39.7 Å². The maximum atomic E-state index is 13.6. The van der Waals surface area contributed by atoms with Crippen molar-refractivity contribution in [2.75, 3.05) is 13.7 Å². The number of nitrogens with zero attached hydrogens (tertiary/aromatic N) is 2. The number of halogens is 2. The summed E-state index contributed by atoms with van der Waals surface area (Å²) in [6, 6.07) is 7.17.